The average Bonchev–Trinajstić information content (AvgIpc) is 2.76. The fraction of sp³-hybridized carbons (Fsp3) is 0.250. The molecule has 5 nitrogen and oxygen atoms in total. The summed E-state index contributed by atoms with van der Waals surface area (Å²) >= 11 is 0. The number of hydrogen-bond acceptors (Lipinski definition) is 5. The van der Waals surface area contributed by atoms with Gasteiger partial charge in [0.05, 0.1) is 19.7 Å². The Morgan fingerprint density at radius 3 is 1.90 bits per heavy atom. The first kappa shape index (κ1) is 22.1. The van der Waals surface area contributed by atoms with Crippen LogP contribution in [-0.2, 0) is 0 Å². The lowest BCUT2D eigenvalue weighted by molar-refractivity contribution is 0.355. The molecule has 1 heterocycles. The topological polar surface area (TPSA) is 52.6 Å². The van der Waals surface area contributed by atoms with Crippen molar-refractivity contribution in [2.45, 2.75) is 13.8 Å². The van der Waals surface area contributed by atoms with E-state index in [9.17, 15) is 17.6 Å². The molecule has 0 aliphatic heterocycles. The molecule has 0 amide bonds. The lowest BCUT2D eigenvalue weighted by Gasteiger charge is -2.14. The molecule has 0 fully saturated rings. The number of methoxy groups -OCH3 is 2. The van der Waals surface area contributed by atoms with Gasteiger partial charge in [-0.2, -0.15) is 8.78 Å². The first-order valence-electron chi connectivity index (χ1n) is 8.65. The van der Waals surface area contributed by atoms with Gasteiger partial charge < -0.3 is 19.5 Å². The number of hydrogen-bond donors (Lipinski definition) is 1. The van der Waals surface area contributed by atoms with Crippen molar-refractivity contribution in [3.63, 3.8) is 0 Å². The first-order chi connectivity index (χ1) is 13.9. The second-order valence-corrected chi connectivity index (χ2v) is 5.35. The van der Waals surface area contributed by atoms with E-state index in [0.717, 1.165) is 7.05 Å². The van der Waals surface area contributed by atoms with Gasteiger partial charge in [-0.15, -0.1) is 0 Å². The molecule has 3 rings (SSSR count). The van der Waals surface area contributed by atoms with Crippen LogP contribution >= 0.6 is 0 Å². The molecule has 0 bridgehead atoms. The van der Waals surface area contributed by atoms with Crippen molar-refractivity contribution in [2.24, 2.45) is 0 Å². The van der Waals surface area contributed by atoms with Gasteiger partial charge in [-0.1, -0.05) is 13.8 Å². The Hall–Kier alpha value is -3.23. The molecule has 0 saturated heterocycles. The number of rotatable bonds is 5. The van der Waals surface area contributed by atoms with Gasteiger partial charge in [0.15, 0.2) is 23.1 Å². The molecule has 0 radical (unpaired) electrons. The summed E-state index contributed by atoms with van der Waals surface area (Å²) in [6.07, 6.45) is 1.31. The zero-order chi connectivity index (χ0) is 21.7. The monoisotopic (exact) mass is 412 g/mol. The molecule has 1 N–H and O–H groups in total. The van der Waals surface area contributed by atoms with Crippen LogP contribution in [0.1, 0.15) is 13.8 Å². The molecule has 0 saturated carbocycles. The molecule has 0 aliphatic carbocycles. The highest BCUT2D eigenvalue weighted by atomic mass is 19.2. The highest BCUT2D eigenvalue weighted by molar-refractivity contribution is 5.88. The maximum absolute atomic E-state index is 14.2. The van der Waals surface area contributed by atoms with Gasteiger partial charge in [0, 0.05) is 24.7 Å². The van der Waals surface area contributed by atoms with Crippen LogP contribution in [0.2, 0.25) is 0 Å². The van der Waals surface area contributed by atoms with Crippen LogP contribution in [0.3, 0.4) is 0 Å². The van der Waals surface area contributed by atoms with Gasteiger partial charge in [0.25, 0.3) is 0 Å². The van der Waals surface area contributed by atoms with Crippen molar-refractivity contribution in [1.82, 2.24) is 4.98 Å². The molecule has 1 aromatic heterocycles. The number of benzene rings is 2. The SMILES string of the molecule is CC.CNc1c(F)c(F)c(Oc2ccnc3cc(OC)c(OC)cc23)c(F)c1F. The Labute approximate surface area is 165 Å². The predicted molar refractivity (Wildman–Crippen MR) is 102 cm³/mol. The zero-order valence-electron chi connectivity index (χ0n) is 16.5. The molecule has 156 valence electrons. The van der Waals surface area contributed by atoms with Crippen molar-refractivity contribution >= 4 is 16.6 Å². The molecular weight excluding hydrogens is 392 g/mol. The first-order valence-corrected chi connectivity index (χ1v) is 8.65. The molecular formula is C20H20F4N2O3. The van der Waals surface area contributed by atoms with E-state index in [2.05, 4.69) is 10.3 Å². The Morgan fingerprint density at radius 1 is 0.828 bits per heavy atom. The smallest absolute Gasteiger partial charge is 0.206 e. The molecule has 0 atom stereocenters. The third kappa shape index (κ3) is 3.98. The summed E-state index contributed by atoms with van der Waals surface area (Å²) in [5.74, 6) is -7.10. The summed E-state index contributed by atoms with van der Waals surface area (Å²) in [4.78, 5) is 4.11. The summed E-state index contributed by atoms with van der Waals surface area (Å²) in [5.41, 5.74) is -0.568. The van der Waals surface area contributed by atoms with Crippen molar-refractivity contribution in [1.29, 1.82) is 0 Å². The standard InChI is InChI=1S/C18H14F4N2O3.C2H6/c1-23-17-13(19)15(21)18(16(22)14(17)20)27-10-4-5-24-9-7-12(26-3)11(25-2)6-8(9)10;1-2/h4-7,23H,1-3H3;1-2H3. The van der Waals surface area contributed by atoms with Crippen LogP contribution in [0.4, 0.5) is 23.2 Å². The summed E-state index contributed by atoms with van der Waals surface area (Å²) in [6.45, 7) is 4.00. The molecule has 0 aliphatic rings. The number of nitrogens with zero attached hydrogens (tertiary/aromatic N) is 1. The van der Waals surface area contributed by atoms with Gasteiger partial charge in [0.1, 0.15) is 11.4 Å². The van der Waals surface area contributed by atoms with Crippen LogP contribution in [0.25, 0.3) is 10.9 Å². The van der Waals surface area contributed by atoms with Crippen molar-refractivity contribution in [2.75, 3.05) is 26.6 Å². The molecule has 0 unspecified atom stereocenters. The van der Waals surface area contributed by atoms with E-state index in [1.807, 2.05) is 13.8 Å². The summed E-state index contributed by atoms with van der Waals surface area (Å²) in [5, 5.41) is 2.37. The highest BCUT2D eigenvalue weighted by Gasteiger charge is 2.27. The third-order valence-electron chi connectivity index (χ3n) is 3.89. The minimum absolute atomic E-state index is 0.0743. The minimum Gasteiger partial charge on any atom is -0.493 e. The van der Waals surface area contributed by atoms with Gasteiger partial charge in [0.2, 0.25) is 17.4 Å². The van der Waals surface area contributed by atoms with Crippen LogP contribution in [0.15, 0.2) is 24.4 Å². The summed E-state index contributed by atoms with van der Waals surface area (Å²) < 4.78 is 71.9. The predicted octanol–water partition coefficient (Wildman–Crippen LogP) is 5.67. The number of fused-ring (bicyclic) bond motifs is 1. The summed E-state index contributed by atoms with van der Waals surface area (Å²) in [6, 6.07) is 4.30. The van der Waals surface area contributed by atoms with E-state index >= 15 is 0 Å². The lowest BCUT2D eigenvalue weighted by atomic mass is 10.1. The second kappa shape index (κ2) is 9.31. The largest absolute Gasteiger partial charge is 0.493 e. The molecule has 3 aromatic rings. The average molecular weight is 412 g/mol. The normalized spacial score (nSPS) is 10.2. The number of anilines is 1. The van der Waals surface area contributed by atoms with Gasteiger partial charge in [-0.25, -0.2) is 8.78 Å². The van der Waals surface area contributed by atoms with Crippen LogP contribution in [-0.4, -0.2) is 26.3 Å². The molecule has 0 spiro atoms. The third-order valence-corrected chi connectivity index (χ3v) is 3.89. The second-order valence-electron chi connectivity index (χ2n) is 5.35. The number of halogens is 4. The van der Waals surface area contributed by atoms with Crippen LogP contribution in [0, 0.1) is 23.3 Å². The maximum Gasteiger partial charge on any atom is 0.206 e. The van der Waals surface area contributed by atoms with Gasteiger partial charge in [-0.3, -0.25) is 4.98 Å². The highest BCUT2D eigenvalue weighted by Crippen LogP contribution is 2.40. The van der Waals surface area contributed by atoms with Crippen molar-refractivity contribution in [3.8, 4) is 23.0 Å². The maximum atomic E-state index is 14.2. The Kier molecular flexibility index (Phi) is 7.08. The van der Waals surface area contributed by atoms with Crippen LogP contribution < -0.4 is 19.5 Å². The van der Waals surface area contributed by atoms with E-state index in [-0.39, 0.29) is 5.75 Å². The van der Waals surface area contributed by atoms with E-state index in [1.54, 1.807) is 0 Å². The van der Waals surface area contributed by atoms with E-state index < -0.39 is 34.7 Å². The fourth-order valence-corrected chi connectivity index (χ4v) is 2.57. The zero-order valence-corrected chi connectivity index (χ0v) is 16.5. The number of nitrogens with one attached hydrogen (secondary N) is 1. The molecule has 2 aromatic carbocycles. The fourth-order valence-electron chi connectivity index (χ4n) is 2.57. The van der Waals surface area contributed by atoms with E-state index in [0.29, 0.717) is 22.4 Å². The van der Waals surface area contributed by atoms with Gasteiger partial charge in [-0.05, 0) is 12.1 Å². The Morgan fingerprint density at radius 2 is 1.38 bits per heavy atom. The van der Waals surface area contributed by atoms with Crippen LogP contribution in [0.5, 0.6) is 23.0 Å². The number of pyridine rings is 1. The van der Waals surface area contributed by atoms with Crippen molar-refractivity contribution < 1.29 is 31.8 Å². The van der Waals surface area contributed by atoms with E-state index in [1.165, 1.54) is 38.6 Å². The van der Waals surface area contributed by atoms with Gasteiger partial charge >= 0.3 is 0 Å². The quantitative estimate of drug-likeness (QED) is 0.432. The number of ether oxygens (including phenoxy) is 3. The van der Waals surface area contributed by atoms with E-state index in [4.69, 9.17) is 14.2 Å². The molecule has 29 heavy (non-hydrogen) atoms. The summed E-state index contributed by atoms with van der Waals surface area (Å²) in [7, 11) is 3.97. The Bertz CT molecular complexity index is 1000. The Balaban J connectivity index is 0.00000145. The van der Waals surface area contributed by atoms with Crippen molar-refractivity contribution in [3.05, 3.63) is 47.7 Å². The lowest BCUT2D eigenvalue weighted by Crippen LogP contribution is -2.06. The minimum atomic E-state index is -1.66. The number of aromatic nitrogens is 1. The molecule has 9 heteroatoms.